The smallest absolute Gasteiger partial charge is 0.296 e. The molecule has 6 nitrogen and oxygen atoms in total. The lowest BCUT2D eigenvalue weighted by Crippen LogP contribution is -2.28. The molecule has 1 aliphatic rings. The number of likely N-dealkylation sites (tertiary alicyclic amines) is 1. The lowest BCUT2D eigenvalue weighted by molar-refractivity contribution is -0.140. The monoisotopic (exact) mass is 465 g/mol. The Hall–Kier alpha value is -3.32. The maximum absolute atomic E-state index is 13.0. The van der Waals surface area contributed by atoms with Crippen LogP contribution in [0.2, 0.25) is 0 Å². The van der Waals surface area contributed by atoms with Crippen LogP contribution in [0, 0.1) is 6.92 Å². The molecule has 1 aliphatic heterocycles. The summed E-state index contributed by atoms with van der Waals surface area (Å²) in [5, 5.41) is 13.0. The van der Waals surface area contributed by atoms with E-state index in [-0.39, 0.29) is 17.9 Å². The Morgan fingerprint density at radius 1 is 1.12 bits per heavy atom. The second kappa shape index (κ2) is 10.1. The number of carbonyl (C=O) groups excluding carboxylic acids is 2. The number of hydrogen-bond donors (Lipinski definition) is 1. The minimum atomic E-state index is -0.800. The molecule has 1 fully saturated rings. The number of unbranched alkanes of at least 4 members (excludes halogenated alkanes) is 2. The fourth-order valence-corrected chi connectivity index (χ4v) is 4.62. The quantitative estimate of drug-likeness (QED) is 0.186. The highest BCUT2D eigenvalue weighted by Crippen LogP contribution is 2.41. The van der Waals surface area contributed by atoms with Crippen molar-refractivity contribution in [2.45, 2.75) is 45.7 Å². The first kappa shape index (κ1) is 22.9. The third-order valence-electron chi connectivity index (χ3n) is 5.62. The van der Waals surface area contributed by atoms with E-state index < -0.39 is 17.7 Å². The van der Waals surface area contributed by atoms with Gasteiger partial charge in [-0.15, -0.1) is 11.3 Å². The van der Waals surface area contributed by atoms with Crippen molar-refractivity contribution >= 4 is 28.8 Å². The Morgan fingerprint density at radius 2 is 1.91 bits per heavy atom. The molecule has 0 saturated carbocycles. The number of hydrogen-bond acceptors (Lipinski definition) is 6. The summed E-state index contributed by atoms with van der Waals surface area (Å²) in [6, 6.07) is 13.4. The molecule has 2 aromatic heterocycles. The lowest BCUT2D eigenvalue weighted by atomic mass is 9.99. The molecule has 3 aromatic rings. The average molecular weight is 466 g/mol. The number of aliphatic hydroxyl groups is 1. The molecule has 1 atom stereocenters. The number of rotatable bonds is 9. The number of aryl methyl sites for hydroxylation is 1. The van der Waals surface area contributed by atoms with Gasteiger partial charge in [0.25, 0.3) is 11.7 Å². The molecule has 4 rings (SSSR count). The predicted molar refractivity (Wildman–Crippen MR) is 127 cm³/mol. The van der Waals surface area contributed by atoms with Crippen LogP contribution < -0.4 is 4.74 Å². The first-order valence-electron chi connectivity index (χ1n) is 11.1. The van der Waals surface area contributed by atoms with Gasteiger partial charge in [0.1, 0.15) is 29.1 Å². The minimum absolute atomic E-state index is 0.0301. The molecule has 0 radical (unpaired) electrons. The molecule has 1 unspecified atom stereocenters. The number of amides is 1. The maximum atomic E-state index is 13.0. The zero-order valence-electron chi connectivity index (χ0n) is 18.7. The maximum Gasteiger partial charge on any atom is 0.296 e. The van der Waals surface area contributed by atoms with Gasteiger partial charge in [-0.2, -0.15) is 0 Å². The van der Waals surface area contributed by atoms with Crippen molar-refractivity contribution < 1.29 is 23.8 Å². The number of aliphatic hydroxyl groups excluding tert-OH is 1. The first-order valence-corrected chi connectivity index (χ1v) is 12.0. The van der Waals surface area contributed by atoms with E-state index in [4.69, 9.17) is 9.15 Å². The molecule has 3 heterocycles. The highest BCUT2D eigenvalue weighted by atomic mass is 32.1. The molecule has 1 amide bonds. The Balaban J connectivity index is 1.67. The number of benzene rings is 1. The van der Waals surface area contributed by atoms with E-state index in [9.17, 15) is 14.7 Å². The fraction of sp³-hybridized carbons (Fsp3) is 0.308. The number of Topliss-reactive ketones (excluding diaryl/α,β-unsaturated/α-hetero) is 1. The molecule has 1 saturated heterocycles. The van der Waals surface area contributed by atoms with Crippen LogP contribution in [0.3, 0.4) is 0 Å². The molecule has 0 spiro atoms. The third-order valence-corrected chi connectivity index (χ3v) is 6.48. The Kier molecular flexibility index (Phi) is 6.99. The summed E-state index contributed by atoms with van der Waals surface area (Å²) in [7, 11) is 0. The van der Waals surface area contributed by atoms with E-state index in [1.165, 1.54) is 16.2 Å². The van der Waals surface area contributed by atoms with E-state index in [1.54, 1.807) is 43.3 Å². The highest BCUT2D eigenvalue weighted by molar-refractivity contribution is 7.09. The lowest BCUT2D eigenvalue weighted by Gasteiger charge is -2.22. The van der Waals surface area contributed by atoms with Crippen molar-refractivity contribution in [1.29, 1.82) is 0 Å². The van der Waals surface area contributed by atoms with Crippen LogP contribution in [0.15, 0.2) is 63.9 Å². The molecular formula is C26H27NO5S. The predicted octanol–water partition coefficient (Wildman–Crippen LogP) is 5.84. The molecule has 1 N–H and O–H groups in total. The Bertz CT molecular complexity index is 1140. The topological polar surface area (TPSA) is 80.0 Å². The normalized spacial score (nSPS) is 17.6. The van der Waals surface area contributed by atoms with Crippen LogP contribution in [-0.4, -0.2) is 28.3 Å². The van der Waals surface area contributed by atoms with Crippen LogP contribution in [0.25, 0.3) is 5.76 Å². The van der Waals surface area contributed by atoms with Crippen LogP contribution in [-0.2, 0) is 16.1 Å². The number of carbonyl (C=O) groups is 2. The second-order valence-electron chi connectivity index (χ2n) is 8.03. The van der Waals surface area contributed by atoms with Gasteiger partial charge < -0.3 is 19.2 Å². The van der Waals surface area contributed by atoms with E-state index >= 15 is 0 Å². The third kappa shape index (κ3) is 4.88. The van der Waals surface area contributed by atoms with E-state index in [0.29, 0.717) is 29.4 Å². The number of furan rings is 1. The van der Waals surface area contributed by atoms with Crippen molar-refractivity contribution in [3.63, 3.8) is 0 Å². The Labute approximate surface area is 197 Å². The van der Waals surface area contributed by atoms with Crippen LogP contribution in [0.1, 0.15) is 54.2 Å². The molecule has 0 bridgehead atoms. The van der Waals surface area contributed by atoms with Gasteiger partial charge in [0.2, 0.25) is 0 Å². The summed E-state index contributed by atoms with van der Waals surface area (Å²) in [5.41, 5.74) is 0.473. The summed E-state index contributed by atoms with van der Waals surface area (Å²) in [6.07, 6.45) is 3.21. The van der Waals surface area contributed by atoms with Gasteiger partial charge >= 0.3 is 0 Å². The first-order chi connectivity index (χ1) is 16.0. The zero-order chi connectivity index (χ0) is 23.4. The molecule has 0 aliphatic carbocycles. The fourth-order valence-electron chi connectivity index (χ4n) is 3.92. The molecule has 172 valence electrons. The molecule has 7 heteroatoms. The minimum Gasteiger partial charge on any atom is -0.507 e. The molecule has 33 heavy (non-hydrogen) atoms. The van der Waals surface area contributed by atoms with Crippen molar-refractivity contribution in [2.24, 2.45) is 0 Å². The molecular weight excluding hydrogens is 438 g/mol. The van der Waals surface area contributed by atoms with Gasteiger partial charge in [0.15, 0.2) is 0 Å². The summed E-state index contributed by atoms with van der Waals surface area (Å²) in [5.74, 6) is 0.206. The van der Waals surface area contributed by atoms with Crippen LogP contribution >= 0.6 is 11.3 Å². The van der Waals surface area contributed by atoms with Gasteiger partial charge in [0.05, 0.1) is 18.7 Å². The average Bonchev–Trinajstić information content (AvgIpc) is 3.54. The number of thiophene rings is 1. The summed E-state index contributed by atoms with van der Waals surface area (Å²) in [4.78, 5) is 28.4. The number of ether oxygens (including phenoxy) is 1. The van der Waals surface area contributed by atoms with Crippen molar-refractivity contribution in [2.75, 3.05) is 6.61 Å². The summed E-state index contributed by atoms with van der Waals surface area (Å²) >= 11 is 1.50. The molecule has 1 aromatic carbocycles. The van der Waals surface area contributed by atoms with Gasteiger partial charge in [0, 0.05) is 10.4 Å². The standard InChI is InChI=1S/C26H27NO5S/c1-3-4-5-14-31-19-11-9-18(10-12-19)24(28)22-23(21-13-8-17(2)32-21)27(26(30)25(22)29)16-20-7-6-15-33-20/h6-13,15,23,28H,3-5,14,16H2,1-2H3/b24-22-. The summed E-state index contributed by atoms with van der Waals surface area (Å²) < 4.78 is 11.5. The van der Waals surface area contributed by atoms with Gasteiger partial charge in [-0.3, -0.25) is 9.59 Å². The zero-order valence-corrected chi connectivity index (χ0v) is 19.6. The van der Waals surface area contributed by atoms with Gasteiger partial charge in [-0.05, 0) is 61.2 Å². The van der Waals surface area contributed by atoms with Crippen molar-refractivity contribution in [3.05, 3.63) is 81.4 Å². The number of ketones is 1. The largest absolute Gasteiger partial charge is 0.507 e. The Morgan fingerprint density at radius 3 is 2.55 bits per heavy atom. The van der Waals surface area contributed by atoms with Gasteiger partial charge in [-0.25, -0.2) is 0 Å². The van der Waals surface area contributed by atoms with E-state index in [0.717, 1.165) is 24.1 Å². The van der Waals surface area contributed by atoms with Gasteiger partial charge in [-0.1, -0.05) is 25.8 Å². The van der Waals surface area contributed by atoms with Crippen molar-refractivity contribution in [1.82, 2.24) is 4.90 Å². The van der Waals surface area contributed by atoms with Crippen LogP contribution in [0.4, 0.5) is 0 Å². The second-order valence-corrected chi connectivity index (χ2v) is 9.07. The SMILES string of the molecule is CCCCCOc1ccc(/C(O)=C2/C(=O)C(=O)N(Cc3cccs3)C2c2ccc(C)o2)cc1. The van der Waals surface area contributed by atoms with Crippen molar-refractivity contribution in [3.8, 4) is 5.75 Å². The van der Waals surface area contributed by atoms with Crippen LogP contribution in [0.5, 0.6) is 5.75 Å². The highest BCUT2D eigenvalue weighted by Gasteiger charge is 2.47. The van der Waals surface area contributed by atoms with E-state index in [1.807, 2.05) is 17.5 Å². The van der Waals surface area contributed by atoms with E-state index in [2.05, 4.69) is 6.92 Å². The summed E-state index contributed by atoms with van der Waals surface area (Å²) in [6.45, 7) is 4.83. The number of nitrogens with zero attached hydrogens (tertiary/aromatic N) is 1.